The van der Waals surface area contributed by atoms with Crippen LogP contribution in [0.25, 0.3) is 11.3 Å². The molecule has 0 atom stereocenters. The van der Waals surface area contributed by atoms with E-state index in [1.54, 1.807) is 6.20 Å². The quantitative estimate of drug-likeness (QED) is 0.676. The minimum absolute atomic E-state index is 0.108. The highest BCUT2D eigenvalue weighted by Gasteiger charge is 2.30. The number of hydrogen-bond acceptors (Lipinski definition) is 4. The van der Waals surface area contributed by atoms with Gasteiger partial charge in [-0.05, 0) is 17.7 Å². The van der Waals surface area contributed by atoms with Gasteiger partial charge in [0.15, 0.2) is 0 Å². The number of alkyl halides is 3. The smallest absolute Gasteiger partial charge is 0.310 e. The van der Waals surface area contributed by atoms with Crippen molar-refractivity contribution in [3.63, 3.8) is 0 Å². The summed E-state index contributed by atoms with van der Waals surface area (Å²) in [5, 5.41) is 6.96. The van der Waals surface area contributed by atoms with E-state index in [0.717, 1.165) is 29.9 Å². The number of aromatic nitrogens is 4. The van der Waals surface area contributed by atoms with Crippen molar-refractivity contribution in [1.82, 2.24) is 25.1 Å². The maximum absolute atomic E-state index is 12.8. The summed E-state index contributed by atoms with van der Waals surface area (Å²) in [5.41, 5.74) is 2.89. The Hall–Kier alpha value is -2.94. The summed E-state index contributed by atoms with van der Waals surface area (Å²) >= 11 is 0. The predicted molar refractivity (Wildman–Crippen MR) is 106 cm³/mol. The summed E-state index contributed by atoms with van der Waals surface area (Å²) in [7, 11) is 0. The molecule has 1 aromatic carbocycles. The Bertz CT molecular complexity index is 1100. The lowest BCUT2D eigenvalue weighted by Gasteiger charge is -2.27. The Balaban J connectivity index is 1.54. The molecule has 9 heteroatoms. The van der Waals surface area contributed by atoms with E-state index in [-0.39, 0.29) is 11.5 Å². The number of aromatic amines is 2. The molecule has 0 amide bonds. The average Bonchev–Trinajstić information content (AvgIpc) is 3.15. The van der Waals surface area contributed by atoms with Gasteiger partial charge in [0.25, 0.3) is 5.56 Å². The van der Waals surface area contributed by atoms with Gasteiger partial charge in [-0.25, -0.2) is 4.98 Å². The summed E-state index contributed by atoms with van der Waals surface area (Å²) in [4.78, 5) is 22.1. The average molecular weight is 417 g/mol. The highest BCUT2D eigenvalue weighted by atomic mass is 19.4. The Labute approximate surface area is 171 Å². The van der Waals surface area contributed by atoms with Crippen LogP contribution in [0, 0.1) is 0 Å². The van der Waals surface area contributed by atoms with Crippen LogP contribution >= 0.6 is 0 Å². The predicted octanol–water partition coefficient (Wildman–Crippen LogP) is 3.86. The first-order valence-electron chi connectivity index (χ1n) is 9.76. The fraction of sp³-hybridized carbons (Fsp3) is 0.381. The lowest BCUT2D eigenvalue weighted by molar-refractivity contribution is -0.137. The van der Waals surface area contributed by atoms with Gasteiger partial charge in [0.1, 0.15) is 5.82 Å². The molecule has 0 radical (unpaired) electrons. The number of nitrogens with zero attached hydrogens (tertiary/aromatic N) is 3. The van der Waals surface area contributed by atoms with Crippen LogP contribution < -0.4 is 5.56 Å². The van der Waals surface area contributed by atoms with E-state index in [1.807, 2.05) is 13.8 Å². The molecule has 4 rings (SSSR count). The van der Waals surface area contributed by atoms with Crippen LogP contribution in [0.4, 0.5) is 13.2 Å². The molecule has 0 saturated carbocycles. The van der Waals surface area contributed by atoms with Crippen molar-refractivity contribution in [1.29, 1.82) is 0 Å². The van der Waals surface area contributed by atoms with Gasteiger partial charge in [-0.3, -0.25) is 14.8 Å². The van der Waals surface area contributed by atoms with Gasteiger partial charge in [-0.1, -0.05) is 26.0 Å². The molecule has 0 bridgehead atoms. The number of benzene rings is 1. The van der Waals surface area contributed by atoms with E-state index >= 15 is 0 Å². The Kier molecular flexibility index (Phi) is 5.23. The second kappa shape index (κ2) is 7.71. The summed E-state index contributed by atoms with van der Waals surface area (Å²) in [5.74, 6) is 0.852. The Morgan fingerprint density at radius 1 is 1.20 bits per heavy atom. The fourth-order valence-corrected chi connectivity index (χ4v) is 3.66. The maximum Gasteiger partial charge on any atom is 0.416 e. The van der Waals surface area contributed by atoms with Crippen molar-refractivity contribution in [2.75, 3.05) is 6.54 Å². The summed E-state index contributed by atoms with van der Waals surface area (Å²) < 4.78 is 38.4. The van der Waals surface area contributed by atoms with E-state index < -0.39 is 11.7 Å². The van der Waals surface area contributed by atoms with Crippen molar-refractivity contribution in [3.8, 4) is 11.3 Å². The SMILES string of the molecule is CC(C)c1nc2c(c(=O)[nH]1)CN(Cc1cn[nH]c1-c1ccc(C(F)(F)F)cc1)CC2. The topological polar surface area (TPSA) is 77.7 Å². The monoisotopic (exact) mass is 417 g/mol. The van der Waals surface area contributed by atoms with Crippen LogP contribution in [0.5, 0.6) is 0 Å². The highest BCUT2D eigenvalue weighted by Crippen LogP contribution is 2.31. The Morgan fingerprint density at radius 3 is 2.60 bits per heavy atom. The van der Waals surface area contributed by atoms with Gasteiger partial charge in [0, 0.05) is 37.5 Å². The van der Waals surface area contributed by atoms with E-state index in [0.29, 0.717) is 42.2 Å². The third-order valence-corrected chi connectivity index (χ3v) is 5.33. The fourth-order valence-electron chi connectivity index (χ4n) is 3.66. The van der Waals surface area contributed by atoms with Crippen molar-refractivity contribution >= 4 is 0 Å². The van der Waals surface area contributed by atoms with Gasteiger partial charge in [0.2, 0.25) is 0 Å². The molecule has 0 saturated heterocycles. The zero-order chi connectivity index (χ0) is 21.5. The molecule has 3 aromatic rings. The van der Waals surface area contributed by atoms with Crippen LogP contribution in [0.3, 0.4) is 0 Å². The molecule has 0 aliphatic carbocycles. The van der Waals surface area contributed by atoms with Gasteiger partial charge in [-0.15, -0.1) is 0 Å². The lowest BCUT2D eigenvalue weighted by Crippen LogP contribution is -2.36. The van der Waals surface area contributed by atoms with Gasteiger partial charge in [0.05, 0.1) is 28.7 Å². The van der Waals surface area contributed by atoms with E-state index in [2.05, 4.69) is 25.1 Å². The standard InChI is InChI=1S/C21H22F3N5O/c1-12(2)19-26-17-7-8-29(11-16(17)20(30)27-19)10-14-9-25-28-18(14)13-3-5-15(6-4-13)21(22,23)24/h3-6,9,12H,7-8,10-11H2,1-2H3,(H,25,28)(H,26,27,30). The maximum atomic E-state index is 12.8. The molecule has 6 nitrogen and oxygen atoms in total. The van der Waals surface area contributed by atoms with Crippen molar-refractivity contribution in [3.05, 3.63) is 69.0 Å². The van der Waals surface area contributed by atoms with Crippen LogP contribution in [-0.2, 0) is 25.7 Å². The van der Waals surface area contributed by atoms with Crippen LogP contribution in [0.1, 0.15) is 48.0 Å². The zero-order valence-corrected chi connectivity index (χ0v) is 16.7. The van der Waals surface area contributed by atoms with Gasteiger partial charge in [-0.2, -0.15) is 18.3 Å². The molecule has 0 unspecified atom stereocenters. The van der Waals surface area contributed by atoms with E-state index in [9.17, 15) is 18.0 Å². The second-order valence-electron chi connectivity index (χ2n) is 7.84. The van der Waals surface area contributed by atoms with Crippen LogP contribution in [-0.4, -0.2) is 31.6 Å². The first-order chi connectivity index (χ1) is 14.2. The lowest BCUT2D eigenvalue weighted by atomic mass is 10.0. The normalized spacial score (nSPS) is 14.9. The number of H-pyrrole nitrogens is 2. The molecule has 30 heavy (non-hydrogen) atoms. The molecule has 0 fully saturated rings. The molecule has 158 valence electrons. The number of hydrogen-bond donors (Lipinski definition) is 2. The number of fused-ring (bicyclic) bond motifs is 1. The second-order valence-corrected chi connectivity index (χ2v) is 7.84. The number of rotatable bonds is 4. The third kappa shape index (κ3) is 4.02. The van der Waals surface area contributed by atoms with Gasteiger partial charge < -0.3 is 4.98 Å². The summed E-state index contributed by atoms with van der Waals surface area (Å²) in [6, 6.07) is 5.00. The van der Waals surface area contributed by atoms with Crippen LogP contribution in [0.15, 0.2) is 35.3 Å². The number of nitrogens with one attached hydrogen (secondary N) is 2. The first kappa shape index (κ1) is 20.3. The molecule has 2 aromatic heterocycles. The van der Waals surface area contributed by atoms with E-state index in [1.165, 1.54) is 12.1 Å². The van der Waals surface area contributed by atoms with Crippen molar-refractivity contribution < 1.29 is 13.2 Å². The third-order valence-electron chi connectivity index (χ3n) is 5.33. The summed E-state index contributed by atoms with van der Waals surface area (Å²) in [6.07, 6.45) is -2.02. The molecular weight excluding hydrogens is 395 g/mol. The first-order valence-corrected chi connectivity index (χ1v) is 9.76. The van der Waals surface area contributed by atoms with Crippen molar-refractivity contribution in [2.45, 2.75) is 45.5 Å². The minimum atomic E-state index is -4.37. The molecule has 1 aliphatic rings. The molecule has 2 N–H and O–H groups in total. The molecular formula is C21H22F3N5O. The molecule has 3 heterocycles. The Morgan fingerprint density at radius 2 is 1.93 bits per heavy atom. The largest absolute Gasteiger partial charge is 0.416 e. The van der Waals surface area contributed by atoms with Crippen LogP contribution in [0.2, 0.25) is 0 Å². The van der Waals surface area contributed by atoms with E-state index in [4.69, 9.17) is 0 Å². The zero-order valence-electron chi connectivity index (χ0n) is 16.7. The summed E-state index contributed by atoms with van der Waals surface area (Å²) in [6.45, 7) is 5.70. The molecule has 0 spiro atoms. The minimum Gasteiger partial charge on any atom is -0.310 e. The number of halogens is 3. The van der Waals surface area contributed by atoms with Gasteiger partial charge >= 0.3 is 6.18 Å². The molecule has 1 aliphatic heterocycles. The highest BCUT2D eigenvalue weighted by molar-refractivity contribution is 5.63. The van der Waals surface area contributed by atoms with Crippen molar-refractivity contribution in [2.24, 2.45) is 0 Å².